The molecular formula is C10H18N4O3. The van der Waals surface area contributed by atoms with Crippen LogP contribution in [0.1, 0.15) is 20.8 Å². The van der Waals surface area contributed by atoms with Crippen molar-refractivity contribution in [3.63, 3.8) is 0 Å². The van der Waals surface area contributed by atoms with E-state index in [4.69, 9.17) is 15.0 Å². The highest BCUT2D eigenvalue weighted by Crippen LogP contribution is 2.19. The van der Waals surface area contributed by atoms with E-state index in [0.717, 1.165) is 0 Å². The Bertz CT molecular complexity index is 333. The van der Waals surface area contributed by atoms with Gasteiger partial charge in [-0.05, 0) is 26.3 Å². The van der Waals surface area contributed by atoms with E-state index in [1.165, 1.54) is 12.0 Å². The fourth-order valence-electron chi connectivity index (χ4n) is 1.64. The molecule has 1 fully saturated rings. The molecule has 0 aromatic heterocycles. The van der Waals surface area contributed by atoms with Crippen LogP contribution in [0.15, 0.2) is 5.11 Å². The van der Waals surface area contributed by atoms with Crippen LogP contribution in [-0.4, -0.2) is 48.9 Å². The number of carbonyl (C=O) groups is 1. The Morgan fingerprint density at radius 2 is 2.12 bits per heavy atom. The predicted molar refractivity (Wildman–Crippen MR) is 61.5 cm³/mol. The van der Waals surface area contributed by atoms with Crippen LogP contribution in [0.4, 0.5) is 4.79 Å². The lowest BCUT2D eigenvalue weighted by molar-refractivity contribution is 0.0252. The molecule has 1 unspecified atom stereocenters. The van der Waals surface area contributed by atoms with Gasteiger partial charge in [0.1, 0.15) is 5.60 Å². The summed E-state index contributed by atoms with van der Waals surface area (Å²) < 4.78 is 10.4. The van der Waals surface area contributed by atoms with Crippen molar-refractivity contribution in [2.24, 2.45) is 5.11 Å². The molecule has 1 amide bonds. The smallest absolute Gasteiger partial charge is 0.410 e. The molecule has 7 heteroatoms. The highest BCUT2D eigenvalue weighted by Gasteiger charge is 2.36. The van der Waals surface area contributed by atoms with Crippen LogP contribution in [0.3, 0.4) is 0 Å². The van der Waals surface area contributed by atoms with Gasteiger partial charge >= 0.3 is 6.09 Å². The lowest BCUT2D eigenvalue weighted by Gasteiger charge is -2.24. The Hall–Kier alpha value is -1.46. The monoisotopic (exact) mass is 242 g/mol. The van der Waals surface area contributed by atoms with Crippen molar-refractivity contribution in [1.29, 1.82) is 0 Å². The Kier molecular flexibility index (Phi) is 4.20. The van der Waals surface area contributed by atoms with Crippen molar-refractivity contribution in [3.8, 4) is 0 Å². The van der Waals surface area contributed by atoms with Gasteiger partial charge in [0.15, 0.2) is 0 Å². The summed E-state index contributed by atoms with van der Waals surface area (Å²) in [4.78, 5) is 16.0. The Morgan fingerprint density at radius 3 is 2.59 bits per heavy atom. The minimum absolute atomic E-state index is 0.265. The van der Waals surface area contributed by atoms with Gasteiger partial charge in [0.25, 0.3) is 0 Å². The van der Waals surface area contributed by atoms with Gasteiger partial charge in [-0.1, -0.05) is 5.11 Å². The number of carbonyl (C=O) groups excluding carboxylic acids is 1. The number of amides is 1. The molecule has 0 aliphatic carbocycles. The molecular weight excluding hydrogens is 224 g/mol. The molecule has 96 valence electrons. The molecule has 0 saturated carbocycles. The number of nitrogens with zero attached hydrogens (tertiary/aromatic N) is 4. The molecule has 0 aromatic rings. The van der Waals surface area contributed by atoms with Crippen LogP contribution in [0, 0.1) is 0 Å². The van der Waals surface area contributed by atoms with Crippen molar-refractivity contribution < 1.29 is 14.3 Å². The van der Waals surface area contributed by atoms with Crippen molar-refractivity contribution in [2.75, 3.05) is 20.2 Å². The van der Waals surface area contributed by atoms with Crippen LogP contribution in [0.25, 0.3) is 10.4 Å². The maximum absolute atomic E-state index is 11.8. The first-order chi connectivity index (χ1) is 7.87. The molecule has 1 rings (SSSR count). The van der Waals surface area contributed by atoms with E-state index >= 15 is 0 Å². The van der Waals surface area contributed by atoms with Crippen molar-refractivity contribution in [2.45, 2.75) is 38.5 Å². The average Bonchev–Trinajstić information content (AvgIpc) is 2.59. The van der Waals surface area contributed by atoms with Gasteiger partial charge in [0.05, 0.1) is 18.7 Å². The molecule has 7 nitrogen and oxygen atoms in total. The number of likely N-dealkylation sites (tertiary alicyclic amines) is 1. The van der Waals surface area contributed by atoms with E-state index < -0.39 is 11.7 Å². The average molecular weight is 242 g/mol. The van der Waals surface area contributed by atoms with Crippen LogP contribution >= 0.6 is 0 Å². The number of rotatable bonds is 2. The van der Waals surface area contributed by atoms with E-state index in [2.05, 4.69) is 10.0 Å². The molecule has 1 aliphatic heterocycles. The van der Waals surface area contributed by atoms with Crippen molar-refractivity contribution in [1.82, 2.24) is 4.90 Å². The molecule has 0 spiro atoms. The number of hydrogen-bond donors (Lipinski definition) is 0. The topological polar surface area (TPSA) is 87.5 Å². The summed E-state index contributed by atoms with van der Waals surface area (Å²) in [5.74, 6) is 0. The zero-order valence-corrected chi connectivity index (χ0v) is 10.6. The summed E-state index contributed by atoms with van der Waals surface area (Å²) in [5, 5.41) is 3.61. The van der Waals surface area contributed by atoms with E-state index in [-0.39, 0.29) is 12.1 Å². The number of azide groups is 1. The standard InChI is InChI=1S/C10H18N4O3/c1-10(2,3)17-9(15)14-5-7(12-13-11)8(6-14)16-4/h7-8H,5-6H2,1-4H3/t7?,8-/m1/s1. The van der Waals surface area contributed by atoms with Crippen molar-refractivity contribution >= 4 is 6.09 Å². The first-order valence-electron chi connectivity index (χ1n) is 5.42. The highest BCUT2D eigenvalue weighted by atomic mass is 16.6. The maximum atomic E-state index is 11.8. The first-order valence-corrected chi connectivity index (χ1v) is 5.42. The van der Waals surface area contributed by atoms with Gasteiger partial charge in [0.2, 0.25) is 0 Å². The van der Waals surface area contributed by atoms with Gasteiger partial charge in [-0.3, -0.25) is 0 Å². The zero-order chi connectivity index (χ0) is 13.1. The van der Waals surface area contributed by atoms with E-state index in [1.54, 1.807) is 20.8 Å². The van der Waals surface area contributed by atoms with Gasteiger partial charge in [0, 0.05) is 18.6 Å². The summed E-state index contributed by atoms with van der Waals surface area (Å²) in [6.45, 7) is 6.13. The number of methoxy groups -OCH3 is 1. The molecule has 1 saturated heterocycles. The fourth-order valence-corrected chi connectivity index (χ4v) is 1.64. The Morgan fingerprint density at radius 1 is 1.47 bits per heavy atom. The van der Waals surface area contributed by atoms with E-state index in [9.17, 15) is 4.79 Å². The summed E-state index contributed by atoms with van der Waals surface area (Å²) in [6, 6.07) is -0.350. The summed E-state index contributed by atoms with van der Waals surface area (Å²) in [7, 11) is 1.53. The van der Waals surface area contributed by atoms with Gasteiger partial charge in [-0.25, -0.2) is 4.79 Å². The Balaban J connectivity index is 2.64. The molecule has 1 heterocycles. The van der Waals surface area contributed by atoms with Crippen LogP contribution < -0.4 is 0 Å². The minimum atomic E-state index is -0.532. The van der Waals surface area contributed by atoms with Crippen LogP contribution in [0.5, 0.6) is 0 Å². The van der Waals surface area contributed by atoms with Gasteiger partial charge in [-0.15, -0.1) is 0 Å². The first kappa shape index (κ1) is 13.6. The largest absolute Gasteiger partial charge is 0.444 e. The third-order valence-corrected chi connectivity index (χ3v) is 2.39. The summed E-state index contributed by atoms with van der Waals surface area (Å²) in [5.41, 5.74) is 7.89. The maximum Gasteiger partial charge on any atom is 0.410 e. The molecule has 0 N–H and O–H groups in total. The third kappa shape index (κ3) is 3.80. The summed E-state index contributed by atoms with van der Waals surface area (Å²) in [6.07, 6.45) is -0.673. The van der Waals surface area contributed by atoms with Crippen LogP contribution in [0.2, 0.25) is 0 Å². The third-order valence-electron chi connectivity index (χ3n) is 2.39. The molecule has 0 aromatic carbocycles. The normalized spacial score (nSPS) is 24.4. The molecule has 2 atom stereocenters. The number of hydrogen-bond acceptors (Lipinski definition) is 4. The van der Waals surface area contributed by atoms with Gasteiger partial charge in [-0.2, -0.15) is 0 Å². The zero-order valence-electron chi connectivity index (χ0n) is 10.6. The molecule has 1 aliphatic rings. The molecule has 0 bridgehead atoms. The highest BCUT2D eigenvalue weighted by molar-refractivity contribution is 5.68. The second-order valence-corrected chi connectivity index (χ2v) is 4.93. The minimum Gasteiger partial charge on any atom is -0.444 e. The fraction of sp³-hybridized carbons (Fsp3) is 0.900. The Labute approximate surface area is 100 Å². The van der Waals surface area contributed by atoms with E-state index in [1.807, 2.05) is 0 Å². The van der Waals surface area contributed by atoms with Crippen LogP contribution in [-0.2, 0) is 9.47 Å². The lowest BCUT2D eigenvalue weighted by atomic mass is 10.2. The lowest BCUT2D eigenvalue weighted by Crippen LogP contribution is -2.36. The van der Waals surface area contributed by atoms with E-state index in [0.29, 0.717) is 13.1 Å². The number of ether oxygens (including phenoxy) is 2. The quantitative estimate of drug-likeness (QED) is 0.421. The second kappa shape index (κ2) is 5.25. The second-order valence-electron chi connectivity index (χ2n) is 4.93. The predicted octanol–water partition coefficient (Wildman–Crippen LogP) is 1.93. The van der Waals surface area contributed by atoms with Gasteiger partial charge < -0.3 is 14.4 Å². The summed E-state index contributed by atoms with van der Waals surface area (Å²) >= 11 is 0. The molecule has 0 radical (unpaired) electrons. The SMILES string of the molecule is CO[C@@H]1CN(C(=O)OC(C)(C)C)CC1N=[N+]=[N-]. The molecule has 17 heavy (non-hydrogen) atoms. The van der Waals surface area contributed by atoms with Crippen molar-refractivity contribution in [3.05, 3.63) is 10.4 Å².